The summed E-state index contributed by atoms with van der Waals surface area (Å²) in [4.78, 5) is 14.6. The molecule has 2 aromatic rings. The van der Waals surface area contributed by atoms with Crippen LogP contribution >= 0.6 is 23.5 Å². The van der Waals surface area contributed by atoms with Gasteiger partial charge in [0, 0.05) is 21.3 Å². The summed E-state index contributed by atoms with van der Waals surface area (Å²) < 4.78 is 27.2. The summed E-state index contributed by atoms with van der Waals surface area (Å²) in [6.45, 7) is 0. The SMILES string of the molecule is O=C(NC1CCSc2ccc(F)cc21)NC1CCSc2ccc(F)cc21. The molecule has 3 nitrogen and oxygen atoms in total. The first kappa shape index (κ1) is 17.7. The van der Waals surface area contributed by atoms with E-state index in [0.29, 0.717) is 0 Å². The van der Waals surface area contributed by atoms with Crippen LogP contribution in [0.25, 0.3) is 0 Å². The van der Waals surface area contributed by atoms with Crippen LogP contribution in [0.4, 0.5) is 13.6 Å². The molecule has 7 heteroatoms. The Kier molecular flexibility index (Phi) is 5.09. The van der Waals surface area contributed by atoms with Crippen LogP contribution in [0.1, 0.15) is 36.1 Å². The molecule has 26 heavy (non-hydrogen) atoms. The van der Waals surface area contributed by atoms with E-state index in [1.807, 2.05) is 0 Å². The summed E-state index contributed by atoms with van der Waals surface area (Å²) in [5.74, 6) is 1.15. The van der Waals surface area contributed by atoms with E-state index in [4.69, 9.17) is 0 Å². The van der Waals surface area contributed by atoms with Crippen LogP contribution in [0, 0.1) is 11.6 Å². The Bertz CT molecular complexity index is 779. The van der Waals surface area contributed by atoms with Crippen LogP contribution < -0.4 is 10.6 Å². The molecule has 2 heterocycles. The summed E-state index contributed by atoms with van der Waals surface area (Å²) in [5.41, 5.74) is 1.64. The Morgan fingerprint density at radius 1 is 0.846 bits per heavy atom. The van der Waals surface area contributed by atoms with Gasteiger partial charge in [0.05, 0.1) is 12.1 Å². The number of benzene rings is 2. The smallest absolute Gasteiger partial charge is 0.315 e. The van der Waals surface area contributed by atoms with Gasteiger partial charge in [-0.2, -0.15) is 0 Å². The molecule has 0 radical (unpaired) electrons. The van der Waals surface area contributed by atoms with Crippen molar-refractivity contribution in [3.8, 4) is 0 Å². The molecule has 2 amide bonds. The van der Waals surface area contributed by atoms with Crippen molar-refractivity contribution < 1.29 is 13.6 Å². The Balaban J connectivity index is 1.48. The first-order chi connectivity index (χ1) is 12.6. The van der Waals surface area contributed by atoms with E-state index in [2.05, 4.69) is 10.6 Å². The number of carbonyl (C=O) groups is 1. The van der Waals surface area contributed by atoms with Crippen LogP contribution in [0.5, 0.6) is 0 Å². The number of thioether (sulfide) groups is 2. The van der Waals surface area contributed by atoms with Crippen LogP contribution in [-0.2, 0) is 0 Å². The molecule has 2 aliphatic heterocycles. The molecule has 0 spiro atoms. The van der Waals surface area contributed by atoms with Crippen molar-refractivity contribution in [2.75, 3.05) is 11.5 Å². The third-order valence-electron chi connectivity index (χ3n) is 4.63. The number of amides is 2. The predicted molar refractivity (Wildman–Crippen MR) is 101 cm³/mol. The highest BCUT2D eigenvalue weighted by atomic mass is 32.2. The number of rotatable bonds is 2. The maximum Gasteiger partial charge on any atom is 0.315 e. The zero-order valence-corrected chi connectivity index (χ0v) is 15.6. The van der Waals surface area contributed by atoms with Gasteiger partial charge in [0.15, 0.2) is 0 Å². The molecule has 0 aliphatic carbocycles. The van der Waals surface area contributed by atoms with Gasteiger partial charge >= 0.3 is 6.03 Å². The quantitative estimate of drug-likeness (QED) is 0.752. The summed E-state index contributed by atoms with van der Waals surface area (Å²) in [5, 5.41) is 5.93. The molecule has 2 aromatic carbocycles. The maximum atomic E-state index is 13.6. The van der Waals surface area contributed by atoms with Gasteiger partial charge in [-0.05, 0) is 60.4 Å². The largest absolute Gasteiger partial charge is 0.331 e. The first-order valence-corrected chi connectivity index (χ1v) is 10.5. The van der Waals surface area contributed by atoms with E-state index < -0.39 is 0 Å². The molecule has 136 valence electrons. The lowest BCUT2D eigenvalue weighted by atomic mass is 10.0. The van der Waals surface area contributed by atoms with Gasteiger partial charge in [-0.1, -0.05) is 0 Å². The summed E-state index contributed by atoms with van der Waals surface area (Å²) >= 11 is 3.35. The fourth-order valence-electron chi connectivity index (χ4n) is 3.39. The summed E-state index contributed by atoms with van der Waals surface area (Å²) in [7, 11) is 0. The van der Waals surface area contributed by atoms with E-state index in [1.54, 1.807) is 35.7 Å². The number of hydrogen-bond acceptors (Lipinski definition) is 3. The molecule has 0 saturated heterocycles. The van der Waals surface area contributed by atoms with E-state index in [1.165, 1.54) is 24.3 Å². The zero-order valence-electron chi connectivity index (χ0n) is 13.9. The van der Waals surface area contributed by atoms with Gasteiger partial charge in [0.2, 0.25) is 0 Å². The van der Waals surface area contributed by atoms with Crippen molar-refractivity contribution in [2.24, 2.45) is 0 Å². The average molecular weight is 392 g/mol. The standard InChI is InChI=1S/C19H18F2N2OS2/c20-11-1-3-17-13(9-11)15(5-7-25-17)22-19(24)23-16-6-8-26-18-4-2-12(21)10-14(16)18/h1-4,9-10,15-16H,5-8H2,(H2,22,23,24). The molecule has 2 unspecified atom stereocenters. The predicted octanol–water partition coefficient (Wildman–Crippen LogP) is 5.04. The number of carbonyl (C=O) groups excluding carboxylic acids is 1. The number of fused-ring (bicyclic) bond motifs is 2. The van der Waals surface area contributed by atoms with Crippen molar-refractivity contribution in [3.63, 3.8) is 0 Å². The van der Waals surface area contributed by atoms with Gasteiger partial charge in [0.1, 0.15) is 11.6 Å². The Labute approximate surface area is 159 Å². The third kappa shape index (κ3) is 3.69. The van der Waals surface area contributed by atoms with Crippen LogP contribution in [0.2, 0.25) is 0 Å². The minimum Gasteiger partial charge on any atom is -0.331 e. The molecular formula is C19H18F2N2OS2. The average Bonchev–Trinajstić information content (AvgIpc) is 2.63. The minimum absolute atomic E-state index is 0.216. The molecule has 0 saturated carbocycles. The second kappa shape index (κ2) is 7.48. The van der Waals surface area contributed by atoms with Gasteiger partial charge in [-0.3, -0.25) is 0 Å². The van der Waals surface area contributed by atoms with Crippen LogP contribution in [0.3, 0.4) is 0 Å². The fourth-order valence-corrected chi connectivity index (χ4v) is 5.60. The van der Waals surface area contributed by atoms with E-state index in [9.17, 15) is 13.6 Å². The molecular weight excluding hydrogens is 374 g/mol. The number of halogens is 2. The molecule has 4 rings (SSSR count). The molecule has 0 bridgehead atoms. The highest BCUT2D eigenvalue weighted by molar-refractivity contribution is 7.99. The number of hydrogen-bond donors (Lipinski definition) is 2. The lowest BCUT2D eigenvalue weighted by molar-refractivity contribution is 0.232. The molecule has 2 aliphatic rings. The Hall–Kier alpha value is -1.73. The van der Waals surface area contributed by atoms with E-state index in [-0.39, 0.29) is 29.7 Å². The van der Waals surface area contributed by atoms with Crippen molar-refractivity contribution >= 4 is 29.6 Å². The normalized spacial score (nSPS) is 21.5. The highest BCUT2D eigenvalue weighted by Gasteiger charge is 2.26. The van der Waals surface area contributed by atoms with E-state index >= 15 is 0 Å². The van der Waals surface area contributed by atoms with Crippen LogP contribution in [0.15, 0.2) is 46.2 Å². The number of nitrogens with one attached hydrogen (secondary N) is 2. The summed E-state index contributed by atoms with van der Waals surface area (Å²) in [6, 6.07) is 8.67. The number of urea groups is 1. The van der Waals surface area contributed by atoms with Gasteiger partial charge in [-0.15, -0.1) is 23.5 Å². The lowest BCUT2D eigenvalue weighted by Gasteiger charge is -2.29. The van der Waals surface area contributed by atoms with Crippen molar-refractivity contribution in [3.05, 3.63) is 59.2 Å². The Morgan fingerprint density at radius 3 is 1.77 bits per heavy atom. The van der Waals surface area contributed by atoms with Gasteiger partial charge in [0.25, 0.3) is 0 Å². The molecule has 0 aromatic heterocycles. The minimum atomic E-state index is -0.302. The highest BCUT2D eigenvalue weighted by Crippen LogP contribution is 2.38. The van der Waals surface area contributed by atoms with Gasteiger partial charge in [-0.25, -0.2) is 13.6 Å². The van der Waals surface area contributed by atoms with E-state index in [0.717, 1.165) is 45.3 Å². The second-order valence-corrected chi connectivity index (χ2v) is 8.64. The topological polar surface area (TPSA) is 41.1 Å². The summed E-state index contributed by atoms with van der Waals surface area (Å²) in [6.07, 6.45) is 1.50. The van der Waals surface area contributed by atoms with Crippen molar-refractivity contribution in [2.45, 2.75) is 34.7 Å². The van der Waals surface area contributed by atoms with Crippen LogP contribution in [-0.4, -0.2) is 17.5 Å². The van der Waals surface area contributed by atoms with Crippen molar-refractivity contribution in [1.82, 2.24) is 10.6 Å². The van der Waals surface area contributed by atoms with Gasteiger partial charge < -0.3 is 10.6 Å². The zero-order chi connectivity index (χ0) is 18.1. The molecule has 2 N–H and O–H groups in total. The lowest BCUT2D eigenvalue weighted by Crippen LogP contribution is -2.41. The third-order valence-corrected chi connectivity index (χ3v) is 6.88. The monoisotopic (exact) mass is 392 g/mol. The second-order valence-electron chi connectivity index (χ2n) is 6.36. The van der Waals surface area contributed by atoms with Crippen molar-refractivity contribution in [1.29, 1.82) is 0 Å². The molecule has 0 fully saturated rings. The fraction of sp³-hybridized carbons (Fsp3) is 0.316. The Morgan fingerprint density at radius 2 is 1.31 bits per heavy atom. The first-order valence-electron chi connectivity index (χ1n) is 8.51. The molecule has 2 atom stereocenters. The maximum absolute atomic E-state index is 13.6.